The van der Waals surface area contributed by atoms with Gasteiger partial charge in [0.1, 0.15) is 9.98 Å². The van der Waals surface area contributed by atoms with Crippen LogP contribution >= 0.6 is 34.7 Å². The molecule has 3 rings (SSSR count). The maximum Gasteiger partial charge on any atom is 0.190 e. The number of halogens is 1. The highest BCUT2D eigenvalue weighted by Crippen LogP contribution is 2.38. The van der Waals surface area contributed by atoms with E-state index in [0.717, 1.165) is 27.5 Å². The number of aryl methyl sites for hydroxylation is 2. The zero-order valence-electron chi connectivity index (χ0n) is 10.3. The number of nitrogens with zero attached hydrogens (tertiary/aromatic N) is 2. The molecule has 0 aliphatic heterocycles. The van der Waals surface area contributed by atoms with E-state index in [-0.39, 0.29) is 0 Å². The van der Waals surface area contributed by atoms with Crippen molar-refractivity contribution >= 4 is 44.9 Å². The van der Waals surface area contributed by atoms with E-state index in [1.165, 1.54) is 36.1 Å². The average Bonchev–Trinajstić information content (AvgIpc) is 2.53. The van der Waals surface area contributed by atoms with Crippen molar-refractivity contribution < 1.29 is 0 Å². The van der Waals surface area contributed by atoms with E-state index < -0.39 is 0 Å². The van der Waals surface area contributed by atoms with Crippen LogP contribution in [0.3, 0.4) is 0 Å². The molecule has 0 amide bonds. The van der Waals surface area contributed by atoms with Crippen molar-refractivity contribution in [3.05, 3.63) is 15.6 Å². The third-order valence-corrected chi connectivity index (χ3v) is 5.46. The highest BCUT2D eigenvalue weighted by molar-refractivity contribution is 7.99. The van der Waals surface area contributed by atoms with Gasteiger partial charge in [-0.1, -0.05) is 36.7 Å². The summed E-state index contributed by atoms with van der Waals surface area (Å²) in [7, 11) is 0. The summed E-state index contributed by atoms with van der Waals surface area (Å²) in [4.78, 5) is 11.6. The minimum Gasteiger partial charge on any atom is -0.211 e. The first-order chi connectivity index (χ1) is 8.79. The van der Waals surface area contributed by atoms with E-state index in [1.807, 2.05) is 11.3 Å². The third kappa shape index (κ3) is 2.26. The molecule has 0 N–H and O–H groups in total. The van der Waals surface area contributed by atoms with Crippen molar-refractivity contribution in [3.63, 3.8) is 0 Å². The Bertz CT molecular complexity index is 580. The number of hydrogen-bond donors (Lipinski definition) is 0. The molecular formula is C13H15ClN2S2. The lowest BCUT2D eigenvalue weighted by Crippen LogP contribution is -1.90. The SMILES string of the molecule is CCSc1nc(Cl)c2c3c(sc2n1)CCCCC3. The monoisotopic (exact) mass is 298 g/mol. The van der Waals surface area contributed by atoms with Crippen LogP contribution in [0, 0.1) is 0 Å². The highest BCUT2D eigenvalue weighted by Gasteiger charge is 2.19. The van der Waals surface area contributed by atoms with Crippen LogP contribution in [0.2, 0.25) is 5.15 Å². The molecule has 5 heteroatoms. The molecule has 0 radical (unpaired) electrons. The van der Waals surface area contributed by atoms with E-state index >= 15 is 0 Å². The fourth-order valence-electron chi connectivity index (χ4n) is 2.47. The zero-order chi connectivity index (χ0) is 12.5. The van der Waals surface area contributed by atoms with Crippen LogP contribution in [-0.4, -0.2) is 15.7 Å². The van der Waals surface area contributed by atoms with E-state index in [1.54, 1.807) is 11.8 Å². The fraction of sp³-hybridized carbons (Fsp3) is 0.538. The number of fused-ring (bicyclic) bond motifs is 3. The Labute approximate surface area is 120 Å². The van der Waals surface area contributed by atoms with Gasteiger partial charge in [0, 0.05) is 4.88 Å². The van der Waals surface area contributed by atoms with Crippen molar-refractivity contribution in [3.8, 4) is 0 Å². The largest absolute Gasteiger partial charge is 0.211 e. The van der Waals surface area contributed by atoms with Gasteiger partial charge in [-0.25, -0.2) is 9.97 Å². The summed E-state index contributed by atoms with van der Waals surface area (Å²) in [5, 5.41) is 2.58. The second-order valence-electron chi connectivity index (χ2n) is 4.47. The normalized spacial score (nSPS) is 15.7. The average molecular weight is 299 g/mol. The molecule has 0 aromatic carbocycles. The standard InChI is InChI=1S/C13H15ClN2S2/c1-2-17-13-15-11(14)10-8-6-4-3-5-7-9(8)18-12(10)16-13/h2-7H2,1H3. The van der Waals surface area contributed by atoms with Crippen molar-refractivity contribution in [1.82, 2.24) is 9.97 Å². The van der Waals surface area contributed by atoms with Gasteiger partial charge in [-0.3, -0.25) is 0 Å². The summed E-state index contributed by atoms with van der Waals surface area (Å²) < 4.78 is 0. The van der Waals surface area contributed by atoms with Crippen LogP contribution in [0.25, 0.3) is 10.2 Å². The highest BCUT2D eigenvalue weighted by atomic mass is 35.5. The molecule has 0 fully saturated rings. The van der Waals surface area contributed by atoms with Crippen LogP contribution in [0.4, 0.5) is 0 Å². The molecule has 0 spiro atoms. The minimum absolute atomic E-state index is 0.648. The Morgan fingerprint density at radius 1 is 1.22 bits per heavy atom. The van der Waals surface area contributed by atoms with E-state index in [4.69, 9.17) is 11.6 Å². The van der Waals surface area contributed by atoms with Crippen LogP contribution in [0.1, 0.15) is 36.6 Å². The van der Waals surface area contributed by atoms with Gasteiger partial charge < -0.3 is 0 Å². The molecule has 0 saturated heterocycles. The second kappa shape index (κ2) is 5.35. The molecule has 1 aliphatic carbocycles. The number of thioether (sulfide) groups is 1. The molecule has 2 aromatic rings. The molecule has 0 unspecified atom stereocenters. The Hall–Kier alpha value is -0.320. The lowest BCUT2D eigenvalue weighted by molar-refractivity contribution is 0.713. The minimum atomic E-state index is 0.648. The van der Waals surface area contributed by atoms with Crippen molar-refractivity contribution in [1.29, 1.82) is 0 Å². The third-order valence-electron chi connectivity index (χ3n) is 3.27. The molecule has 2 nitrogen and oxygen atoms in total. The van der Waals surface area contributed by atoms with Gasteiger partial charge in [-0.2, -0.15) is 0 Å². The van der Waals surface area contributed by atoms with Crippen molar-refractivity contribution in [2.75, 3.05) is 5.75 Å². The number of hydrogen-bond acceptors (Lipinski definition) is 4. The molecule has 1 aliphatic rings. The quantitative estimate of drug-likeness (QED) is 0.347. The molecule has 2 aromatic heterocycles. The predicted octanol–water partition coefficient (Wildman–Crippen LogP) is 4.73. The lowest BCUT2D eigenvalue weighted by Gasteiger charge is -2.02. The summed E-state index contributed by atoms with van der Waals surface area (Å²) in [5.74, 6) is 0.979. The van der Waals surface area contributed by atoms with Gasteiger partial charge in [-0.15, -0.1) is 11.3 Å². The maximum absolute atomic E-state index is 6.37. The Morgan fingerprint density at radius 3 is 2.89 bits per heavy atom. The number of thiophene rings is 1. The van der Waals surface area contributed by atoms with Crippen LogP contribution in [0.5, 0.6) is 0 Å². The number of rotatable bonds is 2. The molecule has 18 heavy (non-hydrogen) atoms. The first-order valence-corrected chi connectivity index (χ1v) is 8.58. The fourth-order valence-corrected chi connectivity index (χ4v) is 4.74. The molecular weight excluding hydrogens is 284 g/mol. The molecule has 2 heterocycles. The zero-order valence-corrected chi connectivity index (χ0v) is 12.7. The summed E-state index contributed by atoms with van der Waals surface area (Å²) in [6.07, 6.45) is 6.20. The van der Waals surface area contributed by atoms with Crippen molar-refractivity contribution in [2.24, 2.45) is 0 Å². The number of aromatic nitrogens is 2. The Balaban J connectivity index is 2.16. The van der Waals surface area contributed by atoms with E-state index in [0.29, 0.717) is 5.15 Å². The van der Waals surface area contributed by atoms with E-state index in [9.17, 15) is 0 Å². The summed E-state index contributed by atoms with van der Waals surface area (Å²) in [6.45, 7) is 2.11. The maximum atomic E-state index is 6.37. The van der Waals surface area contributed by atoms with Crippen LogP contribution in [0.15, 0.2) is 5.16 Å². The smallest absolute Gasteiger partial charge is 0.190 e. The second-order valence-corrected chi connectivity index (χ2v) is 7.15. The van der Waals surface area contributed by atoms with Crippen LogP contribution < -0.4 is 0 Å². The van der Waals surface area contributed by atoms with Gasteiger partial charge in [0.15, 0.2) is 5.16 Å². The Kier molecular flexibility index (Phi) is 3.78. The van der Waals surface area contributed by atoms with Gasteiger partial charge in [0.2, 0.25) is 0 Å². The van der Waals surface area contributed by atoms with Crippen LogP contribution in [-0.2, 0) is 12.8 Å². The van der Waals surface area contributed by atoms with Gasteiger partial charge in [0.25, 0.3) is 0 Å². The van der Waals surface area contributed by atoms with Gasteiger partial charge in [-0.05, 0) is 37.0 Å². The van der Waals surface area contributed by atoms with E-state index in [2.05, 4.69) is 16.9 Å². The Morgan fingerprint density at radius 2 is 2.06 bits per heavy atom. The lowest BCUT2D eigenvalue weighted by atomic mass is 10.1. The molecule has 0 bridgehead atoms. The van der Waals surface area contributed by atoms with Crippen molar-refractivity contribution in [2.45, 2.75) is 44.2 Å². The summed E-state index contributed by atoms with van der Waals surface area (Å²) in [6, 6.07) is 0. The molecule has 96 valence electrons. The summed E-state index contributed by atoms with van der Waals surface area (Å²) in [5.41, 5.74) is 1.42. The van der Waals surface area contributed by atoms with Gasteiger partial charge in [0.05, 0.1) is 5.39 Å². The first-order valence-electron chi connectivity index (χ1n) is 6.40. The predicted molar refractivity (Wildman–Crippen MR) is 80.1 cm³/mol. The topological polar surface area (TPSA) is 25.8 Å². The molecule has 0 atom stereocenters. The summed E-state index contributed by atoms with van der Waals surface area (Å²) >= 11 is 9.84. The first kappa shape index (κ1) is 12.7. The molecule has 0 saturated carbocycles. The van der Waals surface area contributed by atoms with Gasteiger partial charge >= 0.3 is 0 Å².